The first-order valence-corrected chi connectivity index (χ1v) is 5.88. The number of rotatable bonds is 4. The van der Waals surface area contributed by atoms with Gasteiger partial charge in [-0.2, -0.15) is 0 Å². The fourth-order valence-corrected chi connectivity index (χ4v) is 1.83. The highest BCUT2D eigenvalue weighted by Crippen LogP contribution is 2.12. The minimum atomic E-state index is -1.12. The zero-order chi connectivity index (χ0) is 13.0. The fraction of sp³-hybridized carbons (Fsp3) is 0.500. The average molecular weight is 253 g/mol. The molecule has 1 aromatic heterocycles. The largest absolute Gasteiger partial charge is 0.478 e. The highest BCUT2D eigenvalue weighted by atomic mass is 16.5. The van der Waals surface area contributed by atoms with E-state index in [1.165, 1.54) is 6.07 Å². The van der Waals surface area contributed by atoms with E-state index in [0.717, 1.165) is 32.1 Å². The molecule has 0 saturated carbocycles. The van der Waals surface area contributed by atoms with Gasteiger partial charge in [-0.15, -0.1) is 0 Å². The number of carbonyl (C=O) groups is 2. The van der Waals surface area contributed by atoms with Crippen molar-refractivity contribution in [2.45, 2.75) is 25.4 Å². The molecule has 18 heavy (non-hydrogen) atoms. The molecule has 2 heterocycles. The fourth-order valence-electron chi connectivity index (χ4n) is 1.83. The lowest BCUT2D eigenvalue weighted by Crippen LogP contribution is -2.35. The number of hydrogen-bond donors (Lipinski definition) is 2. The van der Waals surface area contributed by atoms with Crippen molar-refractivity contribution in [3.8, 4) is 0 Å². The van der Waals surface area contributed by atoms with Crippen molar-refractivity contribution in [2.24, 2.45) is 0 Å². The van der Waals surface area contributed by atoms with Gasteiger partial charge in [0.25, 0.3) is 5.91 Å². The maximum atomic E-state index is 11.7. The van der Waals surface area contributed by atoms with Crippen molar-refractivity contribution in [1.82, 2.24) is 5.32 Å². The summed E-state index contributed by atoms with van der Waals surface area (Å²) in [5.41, 5.74) is -0.0333. The van der Waals surface area contributed by atoms with E-state index in [9.17, 15) is 9.59 Å². The van der Waals surface area contributed by atoms with Crippen molar-refractivity contribution < 1.29 is 23.8 Å². The van der Waals surface area contributed by atoms with Gasteiger partial charge in [0.1, 0.15) is 6.26 Å². The lowest BCUT2D eigenvalue weighted by molar-refractivity contribution is 0.0167. The van der Waals surface area contributed by atoms with E-state index in [0.29, 0.717) is 6.54 Å². The van der Waals surface area contributed by atoms with Crippen LogP contribution in [0.5, 0.6) is 0 Å². The minimum Gasteiger partial charge on any atom is -0.478 e. The first-order chi connectivity index (χ1) is 8.66. The topological polar surface area (TPSA) is 88.8 Å². The van der Waals surface area contributed by atoms with Crippen LogP contribution in [-0.4, -0.2) is 36.2 Å². The highest BCUT2D eigenvalue weighted by Gasteiger charge is 2.18. The molecular weight excluding hydrogens is 238 g/mol. The molecule has 0 spiro atoms. The van der Waals surface area contributed by atoms with Gasteiger partial charge in [-0.3, -0.25) is 4.79 Å². The number of carboxylic acids is 1. The van der Waals surface area contributed by atoms with E-state index in [-0.39, 0.29) is 17.4 Å². The molecule has 0 aliphatic carbocycles. The lowest BCUT2D eigenvalue weighted by atomic mass is 10.1. The van der Waals surface area contributed by atoms with E-state index < -0.39 is 11.9 Å². The van der Waals surface area contributed by atoms with Crippen molar-refractivity contribution in [2.75, 3.05) is 13.2 Å². The molecule has 1 amide bonds. The average Bonchev–Trinajstić information content (AvgIpc) is 2.87. The molecule has 6 nitrogen and oxygen atoms in total. The van der Waals surface area contributed by atoms with Crippen LogP contribution in [0.4, 0.5) is 0 Å². The van der Waals surface area contributed by atoms with E-state index in [4.69, 9.17) is 14.3 Å². The van der Waals surface area contributed by atoms with E-state index in [1.807, 2.05) is 0 Å². The van der Waals surface area contributed by atoms with Gasteiger partial charge in [0, 0.05) is 19.2 Å². The highest BCUT2D eigenvalue weighted by molar-refractivity contribution is 5.95. The Labute approximate surface area is 104 Å². The Morgan fingerprint density at radius 2 is 2.28 bits per heavy atom. The first-order valence-electron chi connectivity index (χ1n) is 5.88. The van der Waals surface area contributed by atoms with Crippen molar-refractivity contribution in [3.63, 3.8) is 0 Å². The van der Waals surface area contributed by atoms with Gasteiger partial charge in [0.15, 0.2) is 5.76 Å². The summed E-state index contributed by atoms with van der Waals surface area (Å²) in [7, 11) is 0. The van der Waals surface area contributed by atoms with Crippen LogP contribution in [0.3, 0.4) is 0 Å². The van der Waals surface area contributed by atoms with Gasteiger partial charge in [0.05, 0.1) is 11.7 Å². The Morgan fingerprint density at radius 3 is 2.89 bits per heavy atom. The smallest absolute Gasteiger partial charge is 0.338 e. The summed E-state index contributed by atoms with van der Waals surface area (Å²) >= 11 is 0. The van der Waals surface area contributed by atoms with Crippen LogP contribution in [0.25, 0.3) is 0 Å². The third-order valence-corrected chi connectivity index (χ3v) is 2.83. The van der Waals surface area contributed by atoms with Crippen LogP contribution in [0.15, 0.2) is 16.7 Å². The molecule has 1 fully saturated rings. The molecule has 1 atom stereocenters. The second-order valence-corrected chi connectivity index (χ2v) is 4.20. The van der Waals surface area contributed by atoms with E-state index in [2.05, 4.69) is 5.32 Å². The van der Waals surface area contributed by atoms with Gasteiger partial charge < -0.3 is 19.6 Å². The zero-order valence-electron chi connectivity index (χ0n) is 9.85. The van der Waals surface area contributed by atoms with Crippen molar-refractivity contribution in [3.05, 3.63) is 23.7 Å². The normalized spacial score (nSPS) is 19.4. The van der Waals surface area contributed by atoms with Gasteiger partial charge in [-0.25, -0.2) is 4.79 Å². The molecule has 1 aliphatic rings. The molecule has 98 valence electrons. The van der Waals surface area contributed by atoms with Crippen LogP contribution in [0, 0.1) is 0 Å². The molecule has 1 unspecified atom stereocenters. The lowest BCUT2D eigenvalue weighted by Gasteiger charge is -2.22. The second kappa shape index (κ2) is 5.68. The van der Waals surface area contributed by atoms with Gasteiger partial charge in [-0.05, 0) is 19.3 Å². The molecule has 1 saturated heterocycles. The van der Waals surface area contributed by atoms with Crippen LogP contribution in [0.1, 0.15) is 40.2 Å². The van der Waals surface area contributed by atoms with Crippen molar-refractivity contribution >= 4 is 11.9 Å². The predicted molar refractivity (Wildman–Crippen MR) is 61.6 cm³/mol. The SMILES string of the molecule is O=C(O)c1coc(C(=O)NCC2CCCCO2)c1. The number of aromatic carboxylic acids is 1. The predicted octanol–water partition coefficient (Wildman–Crippen LogP) is 1.28. The first kappa shape index (κ1) is 12.6. The monoisotopic (exact) mass is 253 g/mol. The number of hydrogen-bond acceptors (Lipinski definition) is 4. The Morgan fingerprint density at radius 1 is 1.44 bits per heavy atom. The summed E-state index contributed by atoms with van der Waals surface area (Å²) in [6.45, 7) is 1.15. The van der Waals surface area contributed by atoms with Crippen LogP contribution in [-0.2, 0) is 4.74 Å². The standard InChI is InChI=1S/C12H15NO5/c14-11(10-5-8(7-18-10)12(15)16)13-6-9-3-1-2-4-17-9/h5,7,9H,1-4,6H2,(H,13,14)(H,15,16). The van der Waals surface area contributed by atoms with Gasteiger partial charge in [-0.1, -0.05) is 0 Å². The van der Waals surface area contributed by atoms with Crippen LogP contribution < -0.4 is 5.32 Å². The summed E-state index contributed by atoms with van der Waals surface area (Å²) in [6.07, 6.45) is 4.18. The number of furan rings is 1. The number of amides is 1. The van der Waals surface area contributed by atoms with E-state index in [1.54, 1.807) is 0 Å². The number of ether oxygens (including phenoxy) is 1. The minimum absolute atomic E-state index is 0.00297. The molecule has 2 rings (SSSR count). The Bertz CT molecular complexity index is 433. The molecule has 0 aromatic carbocycles. The maximum absolute atomic E-state index is 11.7. The molecule has 2 N–H and O–H groups in total. The number of nitrogens with one attached hydrogen (secondary N) is 1. The Kier molecular flexibility index (Phi) is 3.99. The summed E-state index contributed by atoms with van der Waals surface area (Å²) in [5, 5.41) is 11.4. The number of carboxylic acid groups (broad SMARTS) is 1. The molecule has 0 radical (unpaired) electrons. The number of carbonyl (C=O) groups excluding carboxylic acids is 1. The Balaban J connectivity index is 1.84. The molecule has 6 heteroatoms. The van der Waals surface area contributed by atoms with Gasteiger partial charge >= 0.3 is 5.97 Å². The summed E-state index contributed by atoms with van der Waals surface area (Å²) < 4.78 is 10.4. The van der Waals surface area contributed by atoms with E-state index >= 15 is 0 Å². The third-order valence-electron chi connectivity index (χ3n) is 2.83. The third kappa shape index (κ3) is 3.10. The molecule has 1 aromatic rings. The zero-order valence-corrected chi connectivity index (χ0v) is 9.85. The molecule has 1 aliphatic heterocycles. The summed E-state index contributed by atoms with van der Waals surface area (Å²) in [6, 6.07) is 1.21. The van der Waals surface area contributed by atoms with Crippen molar-refractivity contribution in [1.29, 1.82) is 0 Å². The van der Waals surface area contributed by atoms with Gasteiger partial charge in [0.2, 0.25) is 0 Å². The van der Waals surface area contributed by atoms with Crippen LogP contribution in [0.2, 0.25) is 0 Å². The second-order valence-electron chi connectivity index (χ2n) is 4.20. The van der Waals surface area contributed by atoms with Crippen LogP contribution >= 0.6 is 0 Å². The molecular formula is C12H15NO5. The molecule has 0 bridgehead atoms. The Hall–Kier alpha value is -1.82. The quantitative estimate of drug-likeness (QED) is 0.843. The summed E-state index contributed by atoms with van der Waals surface area (Å²) in [4.78, 5) is 22.3. The summed E-state index contributed by atoms with van der Waals surface area (Å²) in [5.74, 6) is -1.53. The maximum Gasteiger partial charge on any atom is 0.338 e.